The standard InChI is InChI=1S/C10H16N2O7/c1-3-19-9(17)5(2)11-10(18)12-6(8(15)16)4-7(13)14/h5-6H,3-4H2,1-2H3,(H,13,14)(H,15,16)(H2,11,12,18)/t5?,6-/m0/s1. The predicted octanol–water partition coefficient (Wildman–Crippen LogP) is -0.835. The quantitative estimate of drug-likeness (QED) is 0.444. The van der Waals surface area contributed by atoms with Gasteiger partial charge < -0.3 is 25.6 Å². The van der Waals surface area contributed by atoms with Crippen LogP contribution in [-0.2, 0) is 19.1 Å². The summed E-state index contributed by atoms with van der Waals surface area (Å²) in [5.74, 6) is -3.53. The third-order valence-corrected chi connectivity index (χ3v) is 1.97. The fourth-order valence-electron chi connectivity index (χ4n) is 1.10. The highest BCUT2D eigenvalue weighted by molar-refractivity contribution is 5.88. The minimum Gasteiger partial charge on any atom is -0.481 e. The summed E-state index contributed by atoms with van der Waals surface area (Å²) in [4.78, 5) is 43.7. The smallest absolute Gasteiger partial charge is 0.328 e. The van der Waals surface area contributed by atoms with Gasteiger partial charge in [-0.05, 0) is 13.8 Å². The third kappa shape index (κ3) is 6.86. The number of carbonyl (C=O) groups is 4. The average Bonchev–Trinajstić information content (AvgIpc) is 2.27. The topological polar surface area (TPSA) is 142 Å². The molecule has 0 aromatic carbocycles. The lowest BCUT2D eigenvalue weighted by atomic mass is 10.2. The Labute approximate surface area is 108 Å². The first-order chi connectivity index (χ1) is 8.77. The van der Waals surface area contributed by atoms with E-state index in [1.54, 1.807) is 6.92 Å². The number of carboxylic acid groups (broad SMARTS) is 2. The van der Waals surface area contributed by atoms with Crippen molar-refractivity contribution in [3.8, 4) is 0 Å². The third-order valence-electron chi connectivity index (χ3n) is 1.97. The Hall–Kier alpha value is -2.32. The van der Waals surface area contributed by atoms with Gasteiger partial charge in [-0.25, -0.2) is 14.4 Å². The molecule has 0 spiro atoms. The molecular formula is C10H16N2O7. The molecule has 2 amide bonds. The number of carbonyl (C=O) groups excluding carboxylic acids is 2. The molecule has 0 aromatic rings. The Kier molecular flexibility index (Phi) is 6.94. The Balaban J connectivity index is 4.37. The highest BCUT2D eigenvalue weighted by atomic mass is 16.5. The maximum Gasteiger partial charge on any atom is 0.328 e. The number of urea groups is 1. The number of esters is 1. The van der Waals surface area contributed by atoms with Crippen molar-refractivity contribution >= 4 is 23.9 Å². The Morgan fingerprint density at radius 2 is 1.74 bits per heavy atom. The molecule has 19 heavy (non-hydrogen) atoms. The van der Waals surface area contributed by atoms with Gasteiger partial charge >= 0.3 is 23.9 Å². The van der Waals surface area contributed by atoms with Gasteiger partial charge in [-0.2, -0.15) is 0 Å². The Bertz CT molecular complexity index is 369. The van der Waals surface area contributed by atoms with Crippen LogP contribution in [0.4, 0.5) is 4.79 Å². The minimum absolute atomic E-state index is 0.142. The van der Waals surface area contributed by atoms with Crippen molar-refractivity contribution in [2.45, 2.75) is 32.4 Å². The van der Waals surface area contributed by atoms with E-state index in [0.717, 1.165) is 0 Å². The van der Waals surface area contributed by atoms with Crippen LogP contribution in [0, 0.1) is 0 Å². The van der Waals surface area contributed by atoms with Crippen LogP contribution >= 0.6 is 0 Å². The highest BCUT2D eigenvalue weighted by Crippen LogP contribution is 1.94. The van der Waals surface area contributed by atoms with Gasteiger partial charge in [0.25, 0.3) is 0 Å². The number of nitrogens with one attached hydrogen (secondary N) is 2. The normalized spacial score (nSPS) is 12.9. The largest absolute Gasteiger partial charge is 0.481 e. The van der Waals surface area contributed by atoms with Crippen molar-refractivity contribution in [2.24, 2.45) is 0 Å². The Morgan fingerprint density at radius 3 is 2.16 bits per heavy atom. The maximum absolute atomic E-state index is 11.4. The van der Waals surface area contributed by atoms with Crippen molar-refractivity contribution in [2.75, 3.05) is 6.61 Å². The van der Waals surface area contributed by atoms with E-state index in [2.05, 4.69) is 10.1 Å². The lowest BCUT2D eigenvalue weighted by Gasteiger charge is -2.16. The first kappa shape index (κ1) is 16.7. The second-order valence-corrected chi connectivity index (χ2v) is 3.58. The molecule has 0 aromatic heterocycles. The molecule has 108 valence electrons. The molecule has 0 aliphatic heterocycles. The molecule has 0 saturated heterocycles. The second kappa shape index (κ2) is 7.90. The van der Waals surface area contributed by atoms with Gasteiger partial charge in [0.2, 0.25) is 0 Å². The van der Waals surface area contributed by atoms with Crippen LogP contribution < -0.4 is 10.6 Å². The van der Waals surface area contributed by atoms with Gasteiger partial charge in [-0.3, -0.25) is 4.79 Å². The monoisotopic (exact) mass is 276 g/mol. The summed E-state index contributed by atoms with van der Waals surface area (Å²) in [6.07, 6.45) is -0.767. The molecule has 0 radical (unpaired) electrons. The molecule has 0 fully saturated rings. The molecule has 0 saturated carbocycles. The first-order valence-corrected chi connectivity index (χ1v) is 5.46. The molecule has 2 atom stereocenters. The molecule has 4 N–H and O–H groups in total. The summed E-state index contributed by atoms with van der Waals surface area (Å²) in [7, 11) is 0. The van der Waals surface area contributed by atoms with Crippen LogP contribution in [0.1, 0.15) is 20.3 Å². The summed E-state index contributed by atoms with van der Waals surface area (Å²) in [5.41, 5.74) is 0. The van der Waals surface area contributed by atoms with Crippen molar-refractivity contribution < 1.29 is 34.1 Å². The Morgan fingerprint density at radius 1 is 1.16 bits per heavy atom. The van der Waals surface area contributed by atoms with Crippen LogP contribution in [-0.4, -0.2) is 52.8 Å². The van der Waals surface area contributed by atoms with E-state index in [4.69, 9.17) is 10.2 Å². The van der Waals surface area contributed by atoms with Crippen molar-refractivity contribution in [1.29, 1.82) is 0 Å². The molecule has 9 nitrogen and oxygen atoms in total. The lowest BCUT2D eigenvalue weighted by molar-refractivity contribution is -0.145. The summed E-state index contributed by atoms with van der Waals surface area (Å²) >= 11 is 0. The van der Waals surface area contributed by atoms with Crippen LogP contribution in [0.25, 0.3) is 0 Å². The molecule has 0 rings (SSSR count). The number of hydrogen-bond donors (Lipinski definition) is 4. The molecule has 1 unspecified atom stereocenters. The zero-order valence-electron chi connectivity index (χ0n) is 10.5. The molecular weight excluding hydrogens is 260 g/mol. The summed E-state index contributed by atoms with van der Waals surface area (Å²) in [6.45, 7) is 3.09. The number of rotatable bonds is 7. The summed E-state index contributed by atoms with van der Waals surface area (Å²) in [5, 5.41) is 21.3. The van der Waals surface area contributed by atoms with Gasteiger partial charge in [-0.1, -0.05) is 0 Å². The molecule has 0 heterocycles. The molecule has 0 aliphatic rings. The lowest BCUT2D eigenvalue weighted by Crippen LogP contribution is -2.51. The van der Waals surface area contributed by atoms with Crippen molar-refractivity contribution in [1.82, 2.24) is 10.6 Å². The van der Waals surface area contributed by atoms with Gasteiger partial charge in [-0.15, -0.1) is 0 Å². The molecule has 0 aliphatic carbocycles. The maximum atomic E-state index is 11.4. The van der Waals surface area contributed by atoms with E-state index in [1.807, 2.05) is 5.32 Å². The van der Waals surface area contributed by atoms with E-state index in [-0.39, 0.29) is 6.61 Å². The predicted molar refractivity (Wildman–Crippen MR) is 61.4 cm³/mol. The van der Waals surface area contributed by atoms with Crippen LogP contribution in [0.5, 0.6) is 0 Å². The number of carboxylic acids is 2. The van der Waals surface area contributed by atoms with Gasteiger partial charge in [0, 0.05) is 0 Å². The summed E-state index contributed by atoms with van der Waals surface area (Å²) in [6, 6.07) is -3.51. The first-order valence-electron chi connectivity index (χ1n) is 5.46. The SMILES string of the molecule is CCOC(=O)C(C)NC(=O)N[C@@H](CC(=O)O)C(=O)O. The number of hydrogen-bond acceptors (Lipinski definition) is 5. The summed E-state index contributed by atoms with van der Waals surface area (Å²) < 4.78 is 4.63. The zero-order valence-corrected chi connectivity index (χ0v) is 10.5. The number of amides is 2. The fraction of sp³-hybridized carbons (Fsp3) is 0.600. The van der Waals surface area contributed by atoms with Crippen molar-refractivity contribution in [3.05, 3.63) is 0 Å². The average molecular weight is 276 g/mol. The van der Waals surface area contributed by atoms with E-state index >= 15 is 0 Å². The number of ether oxygens (including phenoxy) is 1. The fourth-order valence-corrected chi connectivity index (χ4v) is 1.10. The van der Waals surface area contributed by atoms with E-state index in [1.165, 1.54) is 6.92 Å². The number of aliphatic carboxylic acids is 2. The van der Waals surface area contributed by atoms with Gasteiger partial charge in [0.05, 0.1) is 13.0 Å². The molecule has 0 bridgehead atoms. The second-order valence-electron chi connectivity index (χ2n) is 3.58. The van der Waals surface area contributed by atoms with E-state index < -0.39 is 42.4 Å². The highest BCUT2D eigenvalue weighted by Gasteiger charge is 2.24. The van der Waals surface area contributed by atoms with Crippen LogP contribution in [0.2, 0.25) is 0 Å². The molecule has 9 heteroatoms. The minimum atomic E-state index is -1.58. The van der Waals surface area contributed by atoms with Gasteiger partial charge in [0.15, 0.2) is 0 Å². The zero-order chi connectivity index (χ0) is 15.0. The van der Waals surface area contributed by atoms with Crippen LogP contribution in [0.3, 0.4) is 0 Å². The van der Waals surface area contributed by atoms with E-state index in [0.29, 0.717) is 0 Å². The van der Waals surface area contributed by atoms with Crippen LogP contribution in [0.15, 0.2) is 0 Å². The van der Waals surface area contributed by atoms with Gasteiger partial charge in [0.1, 0.15) is 12.1 Å². The van der Waals surface area contributed by atoms with E-state index in [9.17, 15) is 19.2 Å². The van der Waals surface area contributed by atoms with Crippen molar-refractivity contribution in [3.63, 3.8) is 0 Å².